The number of benzene rings is 1. The third-order valence-electron chi connectivity index (χ3n) is 3.00. The van der Waals surface area contributed by atoms with E-state index in [1.165, 1.54) is 4.90 Å². The predicted molar refractivity (Wildman–Crippen MR) is 71.2 cm³/mol. The van der Waals surface area contributed by atoms with Gasteiger partial charge in [0.05, 0.1) is 14.2 Å². The van der Waals surface area contributed by atoms with Gasteiger partial charge < -0.3 is 14.4 Å². The fourth-order valence-electron chi connectivity index (χ4n) is 1.84. The summed E-state index contributed by atoms with van der Waals surface area (Å²) in [5, 5.41) is 8.54. The van der Waals surface area contributed by atoms with Crippen LogP contribution in [0.5, 0.6) is 11.5 Å². The van der Waals surface area contributed by atoms with Crippen LogP contribution in [0, 0.1) is 18.3 Å². The number of likely N-dealkylation sites (N-methyl/N-ethyl adjacent to an activating group) is 1. The summed E-state index contributed by atoms with van der Waals surface area (Å²) in [7, 11) is 4.81. The van der Waals surface area contributed by atoms with Crippen LogP contribution in [0.25, 0.3) is 0 Å². The number of hydrogen-bond donors (Lipinski definition) is 0. The molecule has 0 bridgehead atoms. The first-order chi connectivity index (χ1) is 9.03. The molecule has 0 unspecified atom stereocenters. The lowest BCUT2D eigenvalue weighted by Crippen LogP contribution is -2.27. The second-order valence-electron chi connectivity index (χ2n) is 4.21. The van der Waals surface area contributed by atoms with Crippen molar-refractivity contribution < 1.29 is 14.3 Å². The topological polar surface area (TPSA) is 62.6 Å². The molecule has 1 rings (SSSR count). The van der Waals surface area contributed by atoms with Crippen molar-refractivity contribution in [2.45, 2.75) is 13.3 Å². The monoisotopic (exact) mass is 262 g/mol. The highest BCUT2D eigenvalue weighted by atomic mass is 16.5. The van der Waals surface area contributed by atoms with Gasteiger partial charge in [-0.3, -0.25) is 4.79 Å². The van der Waals surface area contributed by atoms with Gasteiger partial charge in [0.1, 0.15) is 11.5 Å². The summed E-state index contributed by atoms with van der Waals surface area (Å²) >= 11 is 0. The number of aryl methyl sites for hydroxylation is 1. The highest BCUT2D eigenvalue weighted by Crippen LogP contribution is 2.28. The fourth-order valence-corrected chi connectivity index (χ4v) is 1.84. The van der Waals surface area contributed by atoms with E-state index in [4.69, 9.17) is 14.7 Å². The molecule has 1 aromatic rings. The van der Waals surface area contributed by atoms with Crippen LogP contribution in [0.15, 0.2) is 12.1 Å². The van der Waals surface area contributed by atoms with Gasteiger partial charge in [0, 0.05) is 19.7 Å². The van der Waals surface area contributed by atoms with E-state index in [0.29, 0.717) is 13.0 Å². The minimum absolute atomic E-state index is 0.468. The Labute approximate surface area is 113 Å². The molecule has 0 aliphatic carbocycles. The van der Waals surface area contributed by atoms with Crippen LogP contribution in [-0.4, -0.2) is 38.6 Å². The molecule has 1 aromatic carbocycles. The van der Waals surface area contributed by atoms with Gasteiger partial charge in [-0.25, -0.2) is 0 Å². The molecule has 19 heavy (non-hydrogen) atoms. The van der Waals surface area contributed by atoms with Crippen LogP contribution >= 0.6 is 0 Å². The van der Waals surface area contributed by atoms with Crippen LogP contribution in [0.1, 0.15) is 11.1 Å². The average Bonchev–Trinajstić information content (AvgIpc) is 2.43. The zero-order chi connectivity index (χ0) is 14.4. The van der Waals surface area contributed by atoms with Crippen LogP contribution in [0.2, 0.25) is 0 Å². The molecule has 0 atom stereocenters. The van der Waals surface area contributed by atoms with Crippen molar-refractivity contribution in [3.63, 3.8) is 0 Å². The normalized spacial score (nSPS) is 9.63. The van der Waals surface area contributed by atoms with E-state index in [-0.39, 0.29) is 0 Å². The van der Waals surface area contributed by atoms with Gasteiger partial charge in [-0.05, 0) is 30.5 Å². The molecule has 0 fully saturated rings. The minimum Gasteiger partial charge on any atom is -0.497 e. The third kappa shape index (κ3) is 3.62. The van der Waals surface area contributed by atoms with Gasteiger partial charge in [0.25, 0.3) is 0 Å². The van der Waals surface area contributed by atoms with Gasteiger partial charge in [-0.2, -0.15) is 5.26 Å². The number of hydrogen-bond acceptors (Lipinski definition) is 4. The SMILES string of the molecule is COc1cc(C)c(CCN(C)C(=O)C#N)c(OC)c1. The molecule has 0 spiro atoms. The van der Waals surface area contributed by atoms with Crippen molar-refractivity contribution >= 4 is 5.91 Å². The van der Waals surface area contributed by atoms with Gasteiger partial charge in [-0.1, -0.05) is 0 Å². The smallest absolute Gasteiger partial charge is 0.324 e. The van der Waals surface area contributed by atoms with E-state index in [2.05, 4.69) is 0 Å². The van der Waals surface area contributed by atoms with Crippen LogP contribution < -0.4 is 9.47 Å². The first-order valence-electron chi connectivity index (χ1n) is 5.90. The zero-order valence-electron chi connectivity index (χ0n) is 11.7. The molecule has 0 aromatic heterocycles. The molecular weight excluding hydrogens is 244 g/mol. The number of nitriles is 1. The Morgan fingerprint density at radius 2 is 2.05 bits per heavy atom. The third-order valence-corrected chi connectivity index (χ3v) is 3.00. The highest BCUT2D eigenvalue weighted by Gasteiger charge is 2.12. The molecule has 0 aliphatic heterocycles. The van der Waals surface area contributed by atoms with Gasteiger partial charge in [0.15, 0.2) is 6.07 Å². The lowest BCUT2D eigenvalue weighted by Gasteiger charge is -2.17. The summed E-state index contributed by atoms with van der Waals surface area (Å²) in [6, 6.07) is 5.33. The van der Waals surface area contributed by atoms with Crippen molar-refractivity contribution in [1.29, 1.82) is 5.26 Å². The number of rotatable bonds is 5. The van der Waals surface area contributed by atoms with E-state index in [1.807, 2.05) is 19.1 Å². The molecule has 0 saturated carbocycles. The molecule has 5 heteroatoms. The maximum atomic E-state index is 11.2. The van der Waals surface area contributed by atoms with Crippen LogP contribution in [-0.2, 0) is 11.2 Å². The molecular formula is C14H18N2O3. The molecule has 0 saturated heterocycles. The lowest BCUT2D eigenvalue weighted by atomic mass is 10.0. The summed E-state index contributed by atoms with van der Waals surface area (Å²) in [6.07, 6.45) is 0.628. The van der Waals surface area contributed by atoms with Gasteiger partial charge in [-0.15, -0.1) is 0 Å². The Morgan fingerprint density at radius 1 is 1.37 bits per heavy atom. The molecule has 0 aliphatic rings. The quantitative estimate of drug-likeness (QED) is 0.755. The highest BCUT2D eigenvalue weighted by molar-refractivity contribution is 5.90. The Bertz CT molecular complexity index is 506. The minimum atomic E-state index is -0.537. The van der Waals surface area contributed by atoms with Crippen molar-refractivity contribution in [3.8, 4) is 17.6 Å². The second kappa shape index (κ2) is 6.64. The van der Waals surface area contributed by atoms with E-state index in [0.717, 1.165) is 22.6 Å². The number of amides is 1. The van der Waals surface area contributed by atoms with E-state index in [1.54, 1.807) is 27.3 Å². The maximum Gasteiger partial charge on any atom is 0.324 e. The summed E-state index contributed by atoms with van der Waals surface area (Å²) in [6.45, 7) is 2.43. The first-order valence-corrected chi connectivity index (χ1v) is 5.90. The number of nitrogens with zero attached hydrogens (tertiary/aromatic N) is 2. The number of carbonyl (C=O) groups excluding carboxylic acids is 1. The number of methoxy groups -OCH3 is 2. The second-order valence-corrected chi connectivity index (χ2v) is 4.21. The van der Waals surface area contributed by atoms with Crippen molar-refractivity contribution in [3.05, 3.63) is 23.3 Å². The number of carbonyl (C=O) groups is 1. The van der Waals surface area contributed by atoms with Crippen molar-refractivity contribution in [1.82, 2.24) is 4.90 Å². The first kappa shape index (κ1) is 14.8. The lowest BCUT2D eigenvalue weighted by molar-refractivity contribution is -0.124. The summed E-state index contributed by atoms with van der Waals surface area (Å²) in [5.41, 5.74) is 2.05. The van der Waals surface area contributed by atoms with E-state index >= 15 is 0 Å². The molecule has 1 amide bonds. The zero-order valence-corrected chi connectivity index (χ0v) is 11.7. The van der Waals surface area contributed by atoms with Crippen LogP contribution in [0.4, 0.5) is 0 Å². The predicted octanol–water partition coefficient (Wildman–Crippen LogP) is 1.54. The molecule has 0 N–H and O–H groups in total. The standard InChI is InChI=1S/C14H18N2O3/c1-10-7-11(18-3)8-13(19-4)12(10)5-6-16(2)14(17)9-15/h7-8H,5-6H2,1-4H3. The average molecular weight is 262 g/mol. The Kier molecular flexibility index (Phi) is 5.19. The molecule has 0 radical (unpaired) electrons. The van der Waals surface area contributed by atoms with E-state index < -0.39 is 5.91 Å². The summed E-state index contributed by atoms with van der Waals surface area (Å²) in [5.74, 6) is 0.930. The maximum absolute atomic E-state index is 11.2. The van der Waals surface area contributed by atoms with Crippen LogP contribution in [0.3, 0.4) is 0 Å². The number of ether oxygens (including phenoxy) is 2. The Balaban J connectivity index is 2.89. The van der Waals surface area contributed by atoms with E-state index in [9.17, 15) is 4.79 Å². The van der Waals surface area contributed by atoms with Crippen molar-refractivity contribution in [2.24, 2.45) is 0 Å². The summed E-state index contributed by atoms with van der Waals surface area (Å²) < 4.78 is 10.5. The van der Waals surface area contributed by atoms with Gasteiger partial charge >= 0.3 is 5.91 Å². The Morgan fingerprint density at radius 3 is 2.58 bits per heavy atom. The van der Waals surface area contributed by atoms with Crippen molar-refractivity contribution in [2.75, 3.05) is 27.8 Å². The molecule has 5 nitrogen and oxygen atoms in total. The molecule has 0 heterocycles. The fraction of sp³-hybridized carbons (Fsp3) is 0.429. The molecule has 102 valence electrons. The summed E-state index contributed by atoms with van der Waals surface area (Å²) in [4.78, 5) is 12.6. The Hall–Kier alpha value is -2.22. The largest absolute Gasteiger partial charge is 0.497 e. The van der Waals surface area contributed by atoms with Gasteiger partial charge in [0.2, 0.25) is 0 Å².